The monoisotopic (exact) mass is 294 g/mol. The molecule has 21 heavy (non-hydrogen) atoms. The molecule has 0 bridgehead atoms. The molecule has 1 saturated heterocycles. The maximum atomic E-state index is 4.90. The zero-order valence-corrected chi connectivity index (χ0v) is 12.8. The van der Waals surface area contributed by atoms with Gasteiger partial charge in [0.25, 0.3) is 0 Å². The minimum absolute atomic E-state index is 1.11. The van der Waals surface area contributed by atoms with E-state index in [1.165, 1.54) is 40.7 Å². The third-order valence-electron chi connectivity index (χ3n) is 4.18. The molecule has 106 valence electrons. The predicted octanol–water partition coefficient (Wildman–Crippen LogP) is 4.95. The van der Waals surface area contributed by atoms with Gasteiger partial charge in [-0.2, -0.15) is 0 Å². The molecule has 2 nitrogen and oxygen atoms in total. The number of anilines is 1. The summed E-state index contributed by atoms with van der Waals surface area (Å²) < 4.78 is 0. The maximum Gasteiger partial charge on any atom is 0.185 e. The molecular formula is C18H18N2S. The van der Waals surface area contributed by atoms with Crippen LogP contribution in [0.3, 0.4) is 0 Å². The Bertz CT molecular complexity index is 751. The van der Waals surface area contributed by atoms with E-state index in [1.807, 2.05) is 0 Å². The van der Waals surface area contributed by atoms with Gasteiger partial charge in [-0.3, -0.25) is 0 Å². The molecule has 0 unspecified atom stereocenters. The first-order chi connectivity index (χ1) is 10.4. The van der Waals surface area contributed by atoms with Gasteiger partial charge in [-0.05, 0) is 30.0 Å². The SMILES string of the molecule is c1ccc2c(-c3csc(N4CCCCC4)n3)cccc2c1. The molecule has 1 fully saturated rings. The van der Waals surface area contributed by atoms with Crippen LogP contribution in [0.1, 0.15) is 19.3 Å². The van der Waals surface area contributed by atoms with Gasteiger partial charge in [-0.1, -0.05) is 42.5 Å². The van der Waals surface area contributed by atoms with Crippen molar-refractivity contribution >= 4 is 27.2 Å². The minimum atomic E-state index is 1.11. The minimum Gasteiger partial charge on any atom is -0.348 e. The highest BCUT2D eigenvalue weighted by atomic mass is 32.1. The van der Waals surface area contributed by atoms with E-state index in [0.717, 1.165) is 18.8 Å². The number of hydrogen-bond donors (Lipinski definition) is 0. The summed E-state index contributed by atoms with van der Waals surface area (Å²) in [5.74, 6) is 0. The van der Waals surface area contributed by atoms with Crippen LogP contribution in [-0.2, 0) is 0 Å². The topological polar surface area (TPSA) is 16.1 Å². The molecule has 0 atom stereocenters. The van der Waals surface area contributed by atoms with E-state index in [0.29, 0.717) is 0 Å². The summed E-state index contributed by atoms with van der Waals surface area (Å²) in [6, 6.07) is 15.0. The molecule has 3 heteroatoms. The number of benzene rings is 2. The van der Waals surface area contributed by atoms with Crippen molar-refractivity contribution in [1.82, 2.24) is 4.98 Å². The van der Waals surface area contributed by atoms with Crippen molar-refractivity contribution < 1.29 is 0 Å². The van der Waals surface area contributed by atoms with Gasteiger partial charge in [0.1, 0.15) is 0 Å². The molecule has 2 heterocycles. The van der Waals surface area contributed by atoms with Gasteiger partial charge in [0.05, 0.1) is 5.69 Å². The number of piperidine rings is 1. The summed E-state index contributed by atoms with van der Waals surface area (Å²) >= 11 is 1.77. The molecule has 0 N–H and O–H groups in total. The predicted molar refractivity (Wildman–Crippen MR) is 91.1 cm³/mol. The smallest absolute Gasteiger partial charge is 0.185 e. The first-order valence-corrected chi connectivity index (χ1v) is 8.48. The van der Waals surface area contributed by atoms with Crippen molar-refractivity contribution in [2.24, 2.45) is 0 Å². The van der Waals surface area contributed by atoms with Gasteiger partial charge in [-0.15, -0.1) is 11.3 Å². The van der Waals surface area contributed by atoms with Crippen molar-refractivity contribution in [2.45, 2.75) is 19.3 Å². The second kappa shape index (κ2) is 5.49. The molecule has 0 spiro atoms. The summed E-state index contributed by atoms with van der Waals surface area (Å²) in [4.78, 5) is 7.33. The Balaban J connectivity index is 1.74. The van der Waals surface area contributed by atoms with Gasteiger partial charge < -0.3 is 4.90 Å². The van der Waals surface area contributed by atoms with E-state index in [2.05, 4.69) is 52.7 Å². The largest absolute Gasteiger partial charge is 0.348 e. The fraction of sp³-hybridized carbons (Fsp3) is 0.278. The molecule has 0 aliphatic carbocycles. The van der Waals surface area contributed by atoms with E-state index in [1.54, 1.807) is 11.3 Å². The highest BCUT2D eigenvalue weighted by Crippen LogP contribution is 2.33. The lowest BCUT2D eigenvalue weighted by Crippen LogP contribution is -2.29. The molecule has 0 saturated carbocycles. The van der Waals surface area contributed by atoms with Crippen molar-refractivity contribution in [3.63, 3.8) is 0 Å². The zero-order chi connectivity index (χ0) is 14.1. The van der Waals surface area contributed by atoms with Crippen LogP contribution < -0.4 is 4.90 Å². The van der Waals surface area contributed by atoms with Crippen LogP contribution >= 0.6 is 11.3 Å². The lowest BCUT2D eigenvalue weighted by Gasteiger charge is -2.25. The Morgan fingerprint density at radius 1 is 0.905 bits per heavy atom. The average molecular weight is 294 g/mol. The van der Waals surface area contributed by atoms with Gasteiger partial charge in [0.15, 0.2) is 5.13 Å². The first kappa shape index (κ1) is 12.8. The van der Waals surface area contributed by atoms with Gasteiger partial charge in [-0.25, -0.2) is 4.98 Å². The third-order valence-corrected chi connectivity index (χ3v) is 5.09. The summed E-state index contributed by atoms with van der Waals surface area (Å²) in [5.41, 5.74) is 2.35. The molecule has 1 aliphatic rings. The van der Waals surface area contributed by atoms with Crippen LogP contribution in [0.2, 0.25) is 0 Å². The van der Waals surface area contributed by atoms with Crippen molar-refractivity contribution in [3.8, 4) is 11.3 Å². The maximum absolute atomic E-state index is 4.90. The van der Waals surface area contributed by atoms with Crippen LogP contribution in [0.25, 0.3) is 22.0 Å². The third kappa shape index (κ3) is 2.42. The average Bonchev–Trinajstić information content (AvgIpc) is 3.05. The number of nitrogens with zero attached hydrogens (tertiary/aromatic N) is 2. The zero-order valence-electron chi connectivity index (χ0n) is 12.0. The Labute approximate surface area is 129 Å². The van der Waals surface area contributed by atoms with Crippen LogP contribution in [0.15, 0.2) is 47.8 Å². The highest BCUT2D eigenvalue weighted by Gasteiger charge is 2.15. The van der Waals surface area contributed by atoms with Crippen LogP contribution in [-0.4, -0.2) is 18.1 Å². The summed E-state index contributed by atoms with van der Waals surface area (Å²) in [6.07, 6.45) is 3.95. The second-order valence-electron chi connectivity index (χ2n) is 5.59. The molecule has 0 amide bonds. The normalized spacial score (nSPS) is 15.5. The molecule has 3 aromatic rings. The molecule has 2 aromatic carbocycles. The number of fused-ring (bicyclic) bond motifs is 1. The lowest BCUT2D eigenvalue weighted by molar-refractivity contribution is 0.577. The van der Waals surface area contributed by atoms with Gasteiger partial charge in [0, 0.05) is 24.0 Å². The fourth-order valence-electron chi connectivity index (χ4n) is 3.07. The standard InChI is InChI=1S/C18H18N2S/c1-4-11-20(12-5-1)18-19-17(13-21-18)16-10-6-8-14-7-2-3-9-15(14)16/h2-3,6-10,13H,1,4-5,11-12H2. The quantitative estimate of drug-likeness (QED) is 0.664. The number of hydrogen-bond acceptors (Lipinski definition) is 3. The Kier molecular flexibility index (Phi) is 3.36. The number of thiazole rings is 1. The summed E-state index contributed by atoms with van der Waals surface area (Å²) in [5, 5.41) is 5.95. The Hall–Kier alpha value is -1.87. The van der Waals surface area contributed by atoms with Crippen molar-refractivity contribution in [3.05, 3.63) is 47.8 Å². The molecule has 0 radical (unpaired) electrons. The summed E-state index contributed by atoms with van der Waals surface area (Å²) in [6.45, 7) is 2.31. The number of rotatable bonds is 2. The van der Waals surface area contributed by atoms with Crippen molar-refractivity contribution in [1.29, 1.82) is 0 Å². The van der Waals surface area contributed by atoms with Gasteiger partial charge in [0.2, 0.25) is 0 Å². The summed E-state index contributed by atoms with van der Waals surface area (Å²) in [7, 11) is 0. The molecule has 4 rings (SSSR count). The van der Waals surface area contributed by atoms with E-state index in [9.17, 15) is 0 Å². The second-order valence-corrected chi connectivity index (χ2v) is 6.43. The van der Waals surface area contributed by atoms with Crippen LogP contribution in [0, 0.1) is 0 Å². The van der Waals surface area contributed by atoms with Crippen molar-refractivity contribution in [2.75, 3.05) is 18.0 Å². The Morgan fingerprint density at radius 3 is 2.62 bits per heavy atom. The van der Waals surface area contributed by atoms with Crippen LogP contribution in [0.4, 0.5) is 5.13 Å². The lowest BCUT2D eigenvalue weighted by atomic mass is 10.0. The van der Waals surface area contributed by atoms with Crippen LogP contribution in [0.5, 0.6) is 0 Å². The molecular weight excluding hydrogens is 276 g/mol. The van der Waals surface area contributed by atoms with E-state index >= 15 is 0 Å². The van der Waals surface area contributed by atoms with E-state index in [-0.39, 0.29) is 0 Å². The molecule has 1 aliphatic heterocycles. The fourth-order valence-corrected chi connectivity index (χ4v) is 3.95. The van der Waals surface area contributed by atoms with Gasteiger partial charge >= 0.3 is 0 Å². The van der Waals surface area contributed by atoms with E-state index in [4.69, 9.17) is 4.98 Å². The Morgan fingerprint density at radius 2 is 1.71 bits per heavy atom. The molecule has 1 aromatic heterocycles. The first-order valence-electron chi connectivity index (χ1n) is 7.60. The van der Waals surface area contributed by atoms with E-state index < -0.39 is 0 Å². The highest BCUT2D eigenvalue weighted by molar-refractivity contribution is 7.14. The number of aromatic nitrogens is 1.